The van der Waals surface area contributed by atoms with Gasteiger partial charge in [-0.15, -0.1) is 10.2 Å². The van der Waals surface area contributed by atoms with E-state index < -0.39 is 0 Å². The second-order valence-electron chi connectivity index (χ2n) is 8.45. The van der Waals surface area contributed by atoms with Gasteiger partial charge >= 0.3 is 0 Å². The van der Waals surface area contributed by atoms with Gasteiger partial charge in [0.2, 0.25) is 5.91 Å². The summed E-state index contributed by atoms with van der Waals surface area (Å²) in [6.45, 7) is 1.81. The Morgan fingerprint density at radius 1 is 1.06 bits per heavy atom. The second-order valence-corrected chi connectivity index (χ2v) is 8.45. The molecule has 1 aromatic carbocycles. The number of nitrogens with one attached hydrogen (secondary N) is 1. The predicted molar refractivity (Wildman–Crippen MR) is 129 cm³/mol. The van der Waals surface area contributed by atoms with Crippen molar-refractivity contribution in [1.29, 1.82) is 0 Å². The van der Waals surface area contributed by atoms with Crippen molar-refractivity contribution in [3.63, 3.8) is 0 Å². The molecule has 0 saturated carbocycles. The maximum atomic E-state index is 13.2. The Hall–Kier alpha value is -4.48. The highest BCUT2D eigenvalue weighted by molar-refractivity contribution is 5.79. The Kier molecular flexibility index (Phi) is 6.74. The number of piperidine rings is 1. The van der Waals surface area contributed by atoms with Crippen LogP contribution >= 0.6 is 0 Å². The molecule has 36 heavy (non-hydrogen) atoms. The van der Waals surface area contributed by atoms with E-state index in [2.05, 4.69) is 30.7 Å². The van der Waals surface area contributed by atoms with Crippen molar-refractivity contribution in [3.05, 3.63) is 77.4 Å². The van der Waals surface area contributed by atoms with Gasteiger partial charge in [0.25, 0.3) is 5.56 Å². The number of nitrogens with zero attached hydrogens (tertiary/aromatic N) is 8. The van der Waals surface area contributed by atoms with Gasteiger partial charge in [0.05, 0.1) is 18.2 Å². The molecular formula is C24H24FN9O2. The summed E-state index contributed by atoms with van der Waals surface area (Å²) in [6.07, 6.45) is 4.60. The number of hydrogen-bond donors (Lipinski definition) is 1. The van der Waals surface area contributed by atoms with E-state index in [1.54, 1.807) is 24.5 Å². The molecule has 4 aromatic rings. The molecule has 11 nitrogen and oxygen atoms in total. The van der Waals surface area contributed by atoms with Crippen LogP contribution in [0.3, 0.4) is 0 Å². The van der Waals surface area contributed by atoms with Crippen LogP contribution in [0.25, 0.3) is 17.1 Å². The third-order valence-electron chi connectivity index (χ3n) is 6.04. The summed E-state index contributed by atoms with van der Waals surface area (Å²) in [5, 5.41) is 19.8. The lowest BCUT2D eigenvalue weighted by molar-refractivity contribution is -0.125. The molecule has 1 N–H and O–H groups in total. The minimum atomic E-state index is -0.341. The van der Waals surface area contributed by atoms with Gasteiger partial charge in [-0.3, -0.25) is 9.59 Å². The summed E-state index contributed by atoms with van der Waals surface area (Å²) < 4.78 is 16.0. The molecule has 12 heteroatoms. The van der Waals surface area contributed by atoms with Crippen LogP contribution in [-0.2, 0) is 11.3 Å². The molecule has 1 fully saturated rings. The number of aromatic nitrogens is 7. The Labute approximate surface area is 205 Å². The van der Waals surface area contributed by atoms with E-state index in [1.807, 2.05) is 17.0 Å². The normalized spacial score (nSPS) is 15.6. The molecule has 0 radical (unpaired) electrons. The zero-order valence-corrected chi connectivity index (χ0v) is 19.4. The number of carbonyl (C=O) groups is 1. The Bertz CT molecular complexity index is 1370. The average molecular weight is 490 g/mol. The van der Waals surface area contributed by atoms with Crippen LogP contribution in [0.4, 0.5) is 10.2 Å². The third kappa shape index (κ3) is 5.27. The second kappa shape index (κ2) is 10.4. The molecular weight excluding hydrogens is 465 g/mol. The monoisotopic (exact) mass is 489 g/mol. The lowest BCUT2D eigenvalue weighted by atomic mass is 9.97. The van der Waals surface area contributed by atoms with Crippen molar-refractivity contribution < 1.29 is 9.18 Å². The summed E-state index contributed by atoms with van der Waals surface area (Å²) in [5.41, 5.74) is 0.987. The fourth-order valence-electron chi connectivity index (χ4n) is 4.15. The largest absolute Gasteiger partial charge is 0.354 e. The first-order chi connectivity index (χ1) is 17.6. The van der Waals surface area contributed by atoms with Crippen LogP contribution in [0.5, 0.6) is 0 Å². The molecule has 5 rings (SSSR count). The highest BCUT2D eigenvalue weighted by Gasteiger charge is 2.26. The van der Waals surface area contributed by atoms with Crippen LogP contribution in [0.2, 0.25) is 0 Å². The standard InChI is InChI=1S/C24H24FN9O2/c25-19-5-3-17(4-6-19)20-7-10-23(35)33(31-20)13-11-27-24(36)18-2-1-12-32(14-18)21-8-9-22(30-29-21)34-16-26-15-28-34/h3-10,15-16,18H,1-2,11-14H2,(H,27,36). The fraction of sp³-hybridized carbons (Fsp3) is 0.292. The topological polar surface area (TPSA) is 124 Å². The van der Waals surface area contributed by atoms with Gasteiger partial charge in [-0.05, 0) is 55.3 Å². The summed E-state index contributed by atoms with van der Waals surface area (Å²) in [4.78, 5) is 31.0. The Balaban J connectivity index is 1.17. The summed E-state index contributed by atoms with van der Waals surface area (Å²) in [5.74, 6) is 0.645. The quantitative estimate of drug-likeness (QED) is 0.414. The smallest absolute Gasteiger partial charge is 0.266 e. The molecule has 1 aliphatic rings. The molecule has 1 aliphatic heterocycles. The lowest BCUT2D eigenvalue weighted by Crippen LogP contribution is -2.44. The van der Waals surface area contributed by atoms with Crippen LogP contribution in [-0.4, -0.2) is 60.3 Å². The molecule has 1 atom stereocenters. The van der Waals surface area contributed by atoms with Gasteiger partial charge < -0.3 is 10.2 Å². The van der Waals surface area contributed by atoms with Crippen molar-refractivity contribution in [2.75, 3.05) is 24.5 Å². The Morgan fingerprint density at radius 3 is 2.61 bits per heavy atom. The van der Waals surface area contributed by atoms with E-state index in [9.17, 15) is 14.0 Å². The zero-order chi connectivity index (χ0) is 24.9. The van der Waals surface area contributed by atoms with E-state index in [1.165, 1.54) is 33.9 Å². The van der Waals surface area contributed by atoms with E-state index in [4.69, 9.17) is 0 Å². The molecule has 1 unspecified atom stereocenters. The van der Waals surface area contributed by atoms with E-state index in [0.29, 0.717) is 29.4 Å². The minimum absolute atomic E-state index is 0.0744. The van der Waals surface area contributed by atoms with Gasteiger partial charge in [0, 0.05) is 31.3 Å². The van der Waals surface area contributed by atoms with Crippen molar-refractivity contribution >= 4 is 11.7 Å². The van der Waals surface area contributed by atoms with Crippen molar-refractivity contribution in [2.24, 2.45) is 5.92 Å². The van der Waals surface area contributed by atoms with Gasteiger partial charge in [-0.25, -0.2) is 18.7 Å². The van der Waals surface area contributed by atoms with Crippen LogP contribution in [0.1, 0.15) is 12.8 Å². The Morgan fingerprint density at radius 2 is 1.86 bits per heavy atom. The van der Waals surface area contributed by atoms with Crippen LogP contribution in [0, 0.1) is 11.7 Å². The molecule has 0 aliphatic carbocycles. The van der Waals surface area contributed by atoms with Gasteiger partial charge in [-0.1, -0.05) is 0 Å². The molecule has 1 amide bonds. The number of rotatable bonds is 7. The molecule has 184 valence electrons. The number of carbonyl (C=O) groups excluding carboxylic acids is 1. The third-order valence-corrected chi connectivity index (χ3v) is 6.04. The first-order valence-electron chi connectivity index (χ1n) is 11.6. The van der Waals surface area contributed by atoms with Crippen molar-refractivity contribution in [1.82, 2.24) is 40.1 Å². The van der Waals surface area contributed by atoms with E-state index in [0.717, 1.165) is 19.4 Å². The first-order valence-corrected chi connectivity index (χ1v) is 11.6. The van der Waals surface area contributed by atoms with Gasteiger partial charge in [-0.2, -0.15) is 10.2 Å². The maximum absolute atomic E-state index is 13.2. The van der Waals surface area contributed by atoms with E-state index in [-0.39, 0.29) is 36.3 Å². The molecule has 0 spiro atoms. The van der Waals surface area contributed by atoms with Crippen LogP contribution < -0.4 is 15.8 Å². The SMILES string of the molecule is O=C(NCCn1nc(-c2ccc(F)cc2)ccc1=O)C1CCCN(c2ccc(-n3cncn3)nn2)C1. The predicted octanol–water partition coefficient (Wildman–Crippen LogP) is 1.45. The number of hydrogen-bond acceptors (Lipinski definition) is 8. The lowest BCUT2D eigenvalue weighted by Gasteiger charge is -2.32. The van der Waals surface area contributed by atoms with E-state index >= 15 is 0 Å². The fourth-order valence-corrected chi connectivity index (χ4v) is 4.15. The average Bonchev–Trinajstić information content (AvgIpc) is 3.46. The minimum Gasteiger partial charge on any atom is -0.354 e. The number of halogens is 1. The molecule has 4 heterocycles. The van der Waals surface area contributed by atoms with Gasteiger partial charge in [0.1, 0.15) is 18.5 Å². The molecule has 1 saturated heterocycles. The molecule has 0 bridgehead atoms. The summed E-state index contributed by atoms with van der Waals surface area (Å²) in [7, 11) is 0. The van der Waals surface area contributed by atoms with Crippen molar-refractivity contribution in [3.8, 4) is 17.1 Å². The number of anilines is 1. The van der Waals surface area contributed by atoms with Crippen LogP contribution in [0.15, 0.2) is 66.0 Å². The number of benzene rings is 1. The van der Waals surface area contributed by atoms with Gasteiger partial charge in [0.15, 0.2) is 11.6 Å². The van der Waals surface area contributed by atoms with Crippen molar-refractivity contribution in [2.45, 2.75) is 19.4 Å². The molecule has 3 aromatic heterocycles. The zero-order valence-electron chi connectivity index (χ0n) is 19.4. The maximum Gasteiger partial charge on any atom is 0.266 e. The number of amides is 1. The summed E-state index contributed by atoms with van der Waals surface area (Å²) in [6, 6.07) is 12.6. The summed E-state index contributed by atoms with van der Waals surface area (Å²) >= 11 is 0. The highest BCUT2D eigenvalue weighted by Crippen LogP contribution is 2.22. The highest BCUT2D eigenvalue weighted by atomic mass is 19.1. The first kappa shape index (κ1) is 23.3.